The first-order chi connectivity index (χ1) is 8.90. The molecule has 0 fully saturated rings. The van der Waals surface area contributed by atoms with Gasteiger partial charge in [0.15, 0.2) is 0 Å². The summed E-state index contributed by atoms with van der Waals surface area (Å²) < 4.78 is 9.37. The predicted octanol–water partition coefficient (Wildman–Crippen LogP) is 1.13. The van der Waals surface area contributed by atoms with Gasteiger partial charge in [0, 0.05) is 0 Å². The molecule has 0 radical (unpaired) electrons. The molecule has 98 valence electrons. The Morgan fingerprint density at radius 3 is 2.42 bits per heavy atom. The van der Waals surface area contributed by atoms with E-state index in [1.54, 1.807) is 0 Å². The molecule has 0 N–H and O–H groups in total. The molecular formula is C13H10O6. The Morgan fingerprint density at radius 2 is 1.79 bits per heavy atom. The second kappa shape index (κ2) is 4.64. The Morgan fingerprint density at radius 1 is 1.16 bits per heavy atom. The topological polar surface area (TPSA) is 86.7 Å². The molecule has 6 heteroatoms. The zero-order valence-corrected chi connectivity index (χ0v) is 10.3. The van der Waals surface area contributed by atoms with E-state index in [1.165, 1.54) is 32.0 Å². The number of Topliss-reactive ketones (excluding diaryl/α,β-unsaturated/α-hetero) is 1. The number of carbonyl (C=O) groups is 4. The molecule has 1 heterocycles. The van der Waals surface area contributed by atoms with Gasteiger partial charge in [-0.25, -0.2) is 9.59 Å². The zero-order chi connectivity index (χ0) is 14.2. The lowest BCUT2D eigenvalue weighted by atomic mass is 10.1. The van der Waals surface area contributed by atoms with Crippen molar-refractivity contribution in [2.75, 3.05) is 0 Å². The summed E-state index contributed by atoms with van der Waals surface area (Å²) in [4.78, 5) is 45.1. The Bertz CT molecular complexity index is 601. The fourth-order valence-electron chi connectivity index (χ4n) is 1.50. The number of hydrogen-bond acceptors (Lipinski definition) is 6. The molecule has 0 saturated heterocycles. The lowest BCUT2D eigenvalue weighted by Crippen LogP contribution is -2.23. The maximum absolute atomic E-state index is 11.6. The Labute approximate surface area is 108 Å². The molecule has 0 aromatic heterocycles. The van der Waals surface area contributed by atoms with Crippen LogP contribution >= 0.6 is 0 Å². The fourth-order valence-corrected chi connectivity index (χ4v) is 1.50. The molecule has 0 amide bonds. The lowest BCUT2D eigenvalue weighted by molar-refractivity contribution is -0.142. The second-order valence-corrected chi connectivity index (χ2v) is 4.14. The minimum Gasteiger partial charge on any atom is -0.426 e. The van der Waals surface area contributed by atoms with Gasteiger partial charge in [-0.2, -0.15) is 0 Å². The number of ether oxygens (including phenoxy) is 2. The quantitative estimate of drug-likeness (QED) is 0.461. The van der Waals surface area contributed by atoms with E-state index in [1.807, 2.05) is 0 Å². The number of rotatable bonds is 3. The average molecular weight is 262 g/mol. The first-order valence-electron chi connectivity index (χ1n) is 5.53. The molecule has 0 saturated carbocycles. The van der Waals surface area contributed by atoms with Crippen LogP contribution in [-0.4, -0.2) is 23.7 Å². The molecule has 1 aromatic rings. The number of benzene rings is 1. The van der Waals surface area contributed by atoms with E-state index in [9.17, 15) is 19.2 Å². The summed E-state index contributed by atoms with van der Waals surface area (Å²) in [6, 6.07) is 3.94. The highest BCUT2D eigenvalue weighted by Gasteiger charge is 2.30. The molecule has 1 atom stereocenters. The Balaban J connectivity index is 2.22. The summed E-state index contributed by atoms with van der Waals surface area (Å²) in [5, 5.41) is 0. The first-order valence-corrected chi connectivity index (χ1v) is 5.53. The van der Waals surface area contributed by atoms with Gasteiger partial charge in [0.05, 0.1) is 11.1 Å². The Hall–Kier alpha value is -2.50. The number of fused-ring (bicyclic) bond motifs is 1. The van der Waals surface area contributed by atoms with Gasteiger partial charge in [-0.05, 0) is 32.0 Å². The van der Waals surface area contributed by atoms with Gasteiger partial charge >= 0.3 is 17.9 Å². The fraction of sp³-hybridized carbons (Fsp3) is 0.231. The maximum atomic E-state index is 11.6. The van der Waals surface area contributed by atoms with Crippen LogP contribution in [0.5, 0.6) is 5.75 Å². The Kier molecular flexibility index (Phi) is 3.16. The predicted molar refractivity (Wildman–Crippen MR) is 61.7 cm³/mol. The molecule has 19 heavy (non-hydrogen) atoms. The van der Waals surface area contributed by atoms with Gasteiger partial charge in [-0.15, -0.1) is 0 Å². The molecule has 1 aliphatic rings. The monoisotopic (exact) mass is 262 g/mol. The van der Waals surface area contributed by atoms with Crippen molar-refractivity contribution in [2.24, 2.45) is 5.92 Å². The van der Waals surface area contributed by atoms with Crippen molar-refractivity contribution >= 4 is 23.7 Å². The van der Waals surface area contributed by atoms with Crippen LogP contribution in [0.2, 0.25) is 0 Å². The molecule has 0 aliphatic carbocycles. The summed E-state index contributed by atoms with van der Waals surface area (Å²) in [5.41, 5.74) is 0.176. The van der Waals surface area contributed by atoms with Crippen LogP contribution in [0.15, 0.2) is 18.2 Å². The number of hydrogen-bond donors (Lipinski definition) is 0. The SMILES string of the molecule is CC(=O)C(C)C(=O)Oc1ccc2c(c1)C(=O)OC2=O. The van der Waals surface area contributed by atoms with E-state index in [4.69, 9.17) is 4.74 Å². The van der Waals surface area contributed by atoms with Gasteiger partial charge in [0.1, 0.15) is 17.5 Å². The van der Waals surface area contributed by atoms with Crippen LogP contribution in [0.25, 0.3) is 0 Å². The maximum Gasteiger partial charge on any atom is 0.347 e. The van der Waals surface area contributed by atoms with Gasteiger partial charge in [-0.1, -0.05) is 0 Å². The van der Waals surface area contributed by atoms with E-state index in [0.717, 1.165) is 0 Å². The van der Waals surface area contributed by atoms with Crippen LogP contribution in [0, 0.1) is 5.92 Å². The molecule has 6 nitrogen and oxygen atoms in total. The molecular weight excluding hydrogens is 252 g/mol. The second-order valence-electron chi connectivity index (χ2n) is 4.14. The summed E-state index contributed by atoms with van der Waals surface area (Å²) in [6.07, 6.45) is 0. The zero-order valence-electron chi connectivity index (χ0n) is 10.3. The minimum absolute atomic E-state index is 0.0470. The third-order valence-electron chi connectivity index (χ3n) is 2.80. The van der Waals surface area contributed by atoms with E-state index < -0.39 is 23.8 Å². The number of esters is 3. The van der Waals surface area contributed by atoms with E-state index in [-0.39, 0.29) is 22.7 Å². The van der Waals surface area contributed by atoms with Crippen molar-refractivity contribution in [2.45, 2.75) is 13.8 Å². The van der Waals surface area contributed by atoms with Crippen LogP contribution < -0.4 is 4.74 Å². The largest absolute Gasteiger partial charge is 0.426 e. The van der Waals surface area contributed by atoms with E-state index >= 15 is 0 Å². The smallest absolute Gasteiger partial charge is 0.347 e. The summed E-state index contributed by atoms with van der Waals surface area (Å²) in [5.74, 6) is -3.34. The minimum atomic E-state index is -0.887. The highest BCUT2D eigenvalue weighted by molar-refractivity contribution is 6.14. The van der Waals surface area contributed by atoms with Crippen LogP contribution in [0.1, 0.15) is 34.6 Å². The van der Waals surface area contributed by atoms with E-state index in [0.29, 0.717) is 0 Å². The first kappa shape index (κ1) is 12.9. The molecule has 0 bridgehead atoms. The van der Waals surface area contributed by atoms with Crippen molar-refractivity contribution in [1.29, 1.82) is 0 Å². The van der Waals surface area contributed by atoms with Crippen molar-refractivity contribution in [1.82, 2.24) is 0 Å². The van der Waals surface area contributed by atoms with Crippen molar-refractivity contribution in [3.05, 3.63) is 29.3 Å². The van der Waals surface area contributed by atoms with E-state index in [2.05, 4.69) is 4.74 Å². The number of carbonyl (C=O) groups excluding carboxylic acids is 4. The van der Waals surface area contributed by atoms with Crippen LogP contribution in [0.4, 0.5) is 0 Å². The number of cyclic esters (lactones) is 2. The van der Waals surface area contributed by atoms with Gasteiger partial charge in [-0.3, -0.25) is 9.59 Å². The number of ketones is 1. The summed E-state index contributed by atoms with van der Waals surface area (Å²) in [7, 11) is 0. The average Bonchev–Trinajstić information content (AvgIpc) is 2.63. The highest BCUT2D eigenvalue weighted by Crippen LogP contribution is 2.25. The van der Waals surface area contributed by atoms with Crippen molar-refractivity contribution < 1.29 is 28.7 Å². The summed E-state index contributed by atoms with van der Waals surface area (Å²) >= 11 is 0. The van der Waals surface area contributed by atoms with Crippen molar-refractivity contribution in [3.63, 3.8) is 0 Å². The van der Waals surface area contributed by atoms with Crippen molar-refractivity contribution in [3.8, 4) is 5.75 Å². The van der Waals surface area contributed by atoms with Gasteiger partial charge in [0.25, 0.3) is 0 Å². The molecule has 1 aromatic carbocycles. The normalized spacial score (nSPS) is 14.6. The van der Waals surface area contributed by atoms with Crippen LogP contribution in [-0.2, 0) is 14.3 Å². The van der Waals surface area contributed by atoms with Gasteiger partial charge < -0.3 is 9.47 Å². The molecule has 0 spiro atoms. The molecule has 1 aliphatic heterocycles. The van der Waals surface area contributed by atoms with Gasteiger partial charge in [0.2, 0.25) is 0 Å². The third-order valence-corrected chi connectivity index (χ3v) is 2.80. The molecule has 2 rings (SSSR count). The standard InChI is InChI=1S/C13H10O6/c1-6(7(2)14)11(15)18-8-3-4-9-10(5-8)13(17)19-12(9)16/h3-6H,1-2H3. The molecule has 1 unspecified atom stereocenters. The van der Waals surface area contributed by atoms with Crippen LogP contribution in [0.3, 0.4) is 0 Å². The lowest BCUT2D eigenvalue weighted by Gasteiger charge is -2.08. The highest BCUT2D eigenvalue weighted by atomic mass is 16.6. The third kappa shape index (κ3) is 2.37. The summed E-state index contributed by atoms with van der Waals surface area (Å²) in [6.45, 7) is 2.71.